The minimum atomic E-state index is -1.67. The molecule has 59 heavy (non-hydrogen) atoms. The van der Waals surface area contributed by atoms with Crippen molar-refractivity contribution in [3.63, 3.8) is 0 Å². The van der Waals surface area contributed by atoms with Crippen molar-refractivity contribution in [1.29, 1.82) is 0 Å². The van der Waals surface area contributed by atoms with Gasteiger partial charge in [-0.1, -0.05) is 126 Å². The second-order valence-electron chi connectivity index (χ2n) is 14.9. The van der Waals surface area contributed by atoms with Gasteiger partial charge in [0.2, 0.25) is 35.4 Å². The van der Waals surface area contributed by atoms with Gasteiger partial charge in [0.1, 0.15) is 18.1 Å². The monoisotopic (exact) mass is 821 g/mol. The lowest BCUT2D eigenvalue weighted by Gasteiger charge is -2.26. The standard InChI is InChI=1S/C43H63N7O9/c1-3-29(2)37(43(59)48-32(39(44)55)27-30-19-13-11-14-20-30)49-34(51)23-17-9-7-5-4-6-8-10-18-26-46-42(58)38(40(45)56)50-41(57)33(28-31-21-15-12-16-22-31)47-35(52)24-25-36(53)54/h11-16,19-22,29,32-33,37-38H,3-10,17-18,23-28H2,1-2H3,(H2,44,55)(H2,45,56)(H,46,58)(H,47,52)(H,48,59)(H,49,51)(H,50,57)(H,53,54)/t29?,32-,33-,37-,38-/m0/s1. The molecular weight excluding hydrogens is 759 g/mol. The minimum Gasteiger partial charge on any atom is -0.481 e. The zero-order valence-electron chi connectivity index (χ0n) is 34.3. The van der Waals surface area contributed by atoms with Crippen molar-refractivity contribution < 1.29 is 43.5 Å². The van der Waals surface area contributed by atoms with Crippen molar-refractivity contribution in [2.75, 3.05) is 6.54 Å². The molecule has 324 valence electrons. The summed E-state index contributed by atoms with van der Waals surface area (Å²) in [6.07, 6.45) is 8.34. The summed E-state index contributed by atoms with van der Waals surface area (Å²) in [6.45, 7) is 4.07. The van der Waals surface area contributed by atoms with E-state index in [4.69, 9.17) is 16.6 Å². The Balaban J connectivity index is 1.66. The smallest absolute Gasteiger partial charge is 0.303 e. The maximum atomic E-state index is 13.2. The van der Waals surface area contributed by atoms with E-state index in [2.05, 4.69) is 26.6 Å². The second kappa shape index (κ2) is 27.8. The third-order valence-electron chi connectivity index (χ3n) is 9.97. The fourth-order valence-electron chi connectivity index (χ4n) is 6.30. The molecule has 2 aromatic rings. The number of nitrogens with one attached hydrogen (secondary N) is 5. The number of hydrogen-bond acceptors (Lipinski definition) is 8. The molecule has 0 heterocycles. The fraction of sp³-hybridized carbons (Fsp3) is 0.535. The minimum absolute atomic E-state index is 0.0362. The van der Waals surface area contributed by atoms with E-state index >= 15 is 0 Å². The first-order chi connectivity index (χ1) is 28.2. The predicted molar refractivity (Wildman–Crippen MR) is 222 cm³/mol. The first kappa shape index (κ1) is 49.3. The van der Waals surface area contributed by atoms with Crippen molar-refractivity contribution in [2.24, 2.45) is 17.4 Å². The van der Waals surface area contributed by atoms with Crippen LogP contribution in [0.2, 0.25) is 0 Å². The second-order valence-corrected chi connectivity index (χ2v) is 14.9. The molecule has 0 saturated heterocycles. The molecule has 5 atom stereocenters. The highest BCUT2D eigenvalue weighted by Crippen LogP contribution is 2.13. The van der Waals surface area contributed by atoms with E-state index in [1.807, 2.05) is 44.2 Å². The Morgan fingerprint density at radius 1 is 0.559 bits per heavy atom. The van der Waals surface area contributed by atoms with E-state index in [-0.39, 0.29) is 44.1 Å². The van der Waals surface area contributed by atoms with Crippen molar-refractivity contribution in [3.8, 4) is 0 Å². The van der Waals surface area contributed by atoms with E-state index in [0.29, 0.717) is 24.8 Å². The molecule has 16 heteroatoms. The average Bonchev–Trinajstić information content (AvgIpc) is 3.21. The zero-order chi connectivity index (χ0) is 43.6. The lowest BCUT2D eigenvalue weighted by molar-refractivity contribution is -0.139. The molecule has 0 aliphatic heterocycles. The van der Waals surface area contributed by atoms with Gasteiger partial charge >= 0.3 is 5.97 Å². The number of carbonyl (C=O) groups is 8. The van der Waals surface area contributed by atoms with Crippen LogP contribution in [0.3, 0.4) is 0 Å². The Morgan fingerprint density at radius 3 is 1.58 bits per heavy atom. The molecule has 0 bridgehead atoms. The molecule has 1 unspecified atom stereocenters. The maximum absolute atomic E-state index is 13.2. The SMILES string of the molecule is CCC(C)[C@H](NC(=O)CCCCCCCCCCCNC(=O)[C@@H](NC(=O)[C@H](Cc1ccccc1)NC(=O)CCC(=O)O)C(N)=O)C(=O)N[C@@H](Cc1ccccc1)C(N)=O. The van der Waals surface area contributed by atoms with Gasteiger partial charge in [-0.25, -0.2) is 0 Å². The topological polar surface area (TPSA) is 269 Å². The number of carbonyl (C=O) groups excluding carboxylic acids is 7. The summed E-state index contributed by atoms with van der Waals surface area (Å²) in [5.74, 6) is -5.94. The summed E-state index contributed by atoms with van der Waals surface area (Å²) in [7, 11) is 0. The van der Waals surface area contributed by atoms with Crippen LogP contribution < -0.4 is 38.1 Å². The molecule has 2 aromatic carbocycles. The Morgan fingerprint density at radius 2 is 1.07 bits per heavy atom. The number of rotatable bonds is 30. The summed E-state index contributed by atoms with van der Waals surface area (Å²) in [6, 6.07) is 13.5. The van der Waals surface area contributed by atoms with E-state index in [0.717, 1.165) is 50.5 Å². The molecule has 0 saturated carbocycles. The van der Waals surface area contributed by atoms with Crippen LogP contribution in [0.25, 0.3) is 0 Å². The molecule has 16 nitrogen and oxygen atoms in total. The number of carboxylic acids is 1. The summed E-state index contributed by atoms with van der Waals surface area (Å²) in [5.41, 5.74) is 12.6. The number of benzene rings is 2. The largest absolute Gasteiger partial charge is 0.481 e. The van der Waals surface area contributed by atoms with Crippen LogP contribution in [-0.4, -0.2) is 83.1 Å². The lowest BCUT2D eigenvalue weighted by Crippen LogP contribution is -2.58. The summed E-state index contributed by atoms with van der Waals surface area (Å²) < 4.78 is 0. The van der Waals surface area contributed by atoms with E-state index in [1.54, 1.807) is 30.3 Å². The van der Waals surface area contributed by atoms with Crippen molar-refractivity contribution in [1.82, 2.24) is 26.6 Å². The van der Waals surface area contributed by atoms with Gasteiger partial charge in [0.25, 0.3) is 5.91 Å². The number of amides is 7. The Bertz CT molecular complexity index is 1660. The molecule has 0 spiro atoms. The fourth-order valence-corrected chi connectivity index (χ4v) is 6.30. The van der Waals surface area contributed by atoms with Crippen LogP contribution in [-0.2, 0) is 51.2 Å². The molecule has 10 N–H and O–H groups in total. The first-order valence-electron chi connectivity index (χ1n) is 20.6. The number of aliphatic carboxylic acids is 1. The van der Waals surface area contributed by atoms with Gasteiger partial charge in [-0.3, -0.25) is 38.4 Å². The molecule has 7 amide bonds. The highest BCUT2D eigenvalue weighted by Gasteiger charge is 2.31. The van der Waals surface area contributed by atoms with Gasteiger partial charge in [-0.2, -0.15) is 0 Å². The van der Waals surface area contributed by atoms with Gasteiger partial charge in [-0.15, -0.1) is 0 Å². The van der Waals surface area contributed by atoms with Crippen LogP contribution >= 0.6 is 0 Å². The van der Waals surface area contributed by atoms with Crippen LogP contribution in [0.1, 0.15) is 108 Å². The molecular formula is C43H63N7O9. The van der Waals surface area contributed by atoms with Crippen LogP contribution in [0, 0.1) is 5.92 Å². The molecule has 0 fully saturated rings. The molecule has 0 radical (unpaired) electrons. The van der Waals surface area contributed by atoms with Gasteiger partial charge in [-0.05, 0) is 29.9 Å². The summed E-state index contributed by atoms with van der Waals surface area (Å²) in [5, 5.41) is 21.9. The highest BCUT2D eigenvalue weighted by atomic mass is 16.4. The highest BCUT2D eigenvalue weighted by molar-refractivity contribution is 6.07. The van der Waals surface area contributed by atoms with Gasteiger partial charge in [0, 0.05) is 32.2 Å². The van der Waals surface area contributed by atoms with Crippen molar-refractivity contribution >= 4 is 47.3 Å². The van der Waals surface area contributed by atoms with Gasteiger partial charge < -0.3 is 43.2 Å². The van der Waals surface area contributed by atoms with Crippen molar-refractivity contribution in [2.45, 2.75) is 134 Å². The van der Waals surface area contributed by atoms with E-state index in [1.165, 1.54) is 0 Å². The van der Waals surface area contributed by atoms with Gasteiger partial charge in [0.05, 0.1) is 6.42 Å². The molecule has 0 aliphatic rings. The van der Waals surface area contributed by atoms with Crippen molar-refractivity contribution in [3.05, 3.63) is 71.8 Å². The Hall–Kier alpha value is -5.80. The average molecular weight is 822 g/mol. The number of hydrogen-bond donors (Lipinski definition) is 8. The lowest BCUT2D eigenvalue weighted by atomic mass is 9.97. The Labute approximate surface area is 346 Å². The number of nitrogens with two attached hydrogens (primary N) is 2. The summed E-state index contributed by atoms with van der Waals surface area (Å²) >= 11 is 0. The van der Waals surface area contributed by atoms with E-state index in [9.17, 15) is 38.4 Å². The predicted octanol–water partition coefficient (Wildman–Crippen LogP) is 2.31. The quantitative estimate of drug-likeness (QED) is 0.0424. The first-order valence-corrected chi connectivity index (χ1v) is 20.6. The number of unbranched alkanes of at least 4 members (excludes halogenated alkanes) is 8. The summed E-state index contributed by atoms with van der Waals surface area (Å²) in [4.78, 5) is 99.4. The van der Waals surface area contributed by atoms with Crippen LogP contribution in [0.15, 0.2) is 60.7 Å². The molecule has 0 aliphatic carbocycles. The maximum Gasteiger partial charge on any atom is 0.303 e. The zero-order valence-corrected chi connectivity index (χ0v) is 34.3. The van der Waals surface area contributed by atoms with Crippen LogP contribution in [0.5, 0.6) is 0 Å². The van der Waals surface area contributed by atoms with E-state index < -0.39 is 72.0 Å². The third-order valence-corrected chi connectivity index (χ3v) is 9.97. The van der Waals surface area contributed by atoms with Gasteiger partial charge in [0.15, 0.2) is 6.04 Å². The normalized spacial score (nSPS) is 13.4. The number of primary amides is 2. The van der Waals surface area contributed by atoms with Crippen LogP contribution in [0.4, 0.5) is 0 Å². The number of carboxylic acid groups (broad SMARTS) is 1. The molecule has 0 aromatic heterocycles. The Kier molecular flexibility index (Phi) is 23.2. The third kappa shape index (κ3) is 20.5. The molecule has 2 rings (SSSR count).